The highest BCUT2D eigenvalue weighted by Gasteiger charge is 2.24. The molecule has 3 aromatic rings. The first-order chi connectivity index (χ1) is 14.9. The molecule has 3 heterocycles. The first-order valence-electron chi connectivity index (χ1n) is 9.68. The van der Waals surface area contributed by atoms with Gasteiger partial charge in [-0.25, -0.2) is 13.1 Å². The third-order valence-electron chi connectivity index (χ3n) is 4.78. The van der Waals surface area contributed by atoms with Crippen LogP contribution in [0.15, 0.2) is 53.1 Å². The van der Waals surface area contributed by atoms with Crippen molar-refractivity contribution < 1.29 is 22.4 Å². The minimum Gasteiger partial charge on any atom is -0.463 e. The largest absolute Gasteiger partial charge is 0.463 e. The molecule has 11 heteroatoms. The molecular formula is C20H21ClN4O5S. The van der Waals surface area contributed by atoms with Crippen LogP contribution in [-0.2, 0) is 14.8 Å². The Morgan fingerprint density at radius 2 is 1.97 bits per heavy atom. The summed E-state index contributed by atoms with van der Waals surface area (Å²) < 4.78 is 38.4. The predicted molar refractivity (Wildman–Crippen MR) is 115 cm³/mol. The van der Waals surface area contributed by atoms with Crippen LogP contribution in [-0.4, -0.2) is 67.0 Å². The van der Waals surface area contributed by atoms with Crippen LogP contribution in [0.2, 0.25) is 5.02 Å². The lowest BCUT2D eigenvalue weighted by atomic mass is 10.2. The molecule has 1 saturated heterocycles. The fraction of sp³-hybridized carbons (Fsp3) is 0.300. The molecule has 31 heavy (non-hydrogen) atoms. The van der Waals surface area contributed by atoms with Crippen LogP contribution in [0.4, 0.5) is 0 Å². The number of hydrogen-bond donors (Lipinski definition) is 1. The van der Waals surface area contributed by atoms with Gasteiger partial charge in [-0.05, 0) is 30.3 Å². The van der Waals surface area contributed by atoms with E-state index in [-0.39, 0.29) is 18.0 Å². The number of hydrogen-bond acceptors (Lipinski definition) is 6. The van der Waals surface area contributed by atoms with Gasteiger partial charge in [-0.1, -0.05) is 17.7 Å². The lowest BCUT2D eigenvalue weighted by Crippen LogP contribution is -2.43. The molecular weight excluding hydrogens is 444 g/mol. The smallest absolute Gasteiger partial charge is 0.271 e. The van der Waals surface area contributed by atoms with Gasteiger partial charge in [0.05, 0.1) is 30.9 Å². The Bertz CT molecular complexity index is 1150. The van der Waals surface area contributed by atoms with Crippen molar-refractivity contribution in [1.29, 1.82) is 0 Å². The Morgan fingerprint density at radius 3 is 2.68 bits per heavy atom. The van der Waals surface area contributed by atoms with Crippen LogP contribution in [0.3, 0.4) is 0 Å². The van der Waals surface area contributed by atoms with E-state index in [1.165, 1.54) is 10.6 Å². The minimum absolute atomic E-state index is 0.0291. The minimum atomic E-state index is -3.46. The summed E-state index contributed by atoms with van der Waals surface area (Å²) in [6.45, 7) is 1.38. The molecule has 4 rings (SSSR count). The van der Waals surface area contributed by atoms with Crippen molar-refractivity contribution in [3.8, 4) is 17.1 Å². The van der Waals surface area contributed by atoms with Crippen LogP contribution >= 0.6 is 11.6 Å². The number of benzene rings is 1. The Morgan fingerprint density at radius 1 is 1.16 bits per heavy atom. The zero-order chi connectivity index (χ0) is 21.8. The van der Waals surface area contributed by atoms with Crippen LogP contribution in [0.25, 0.3) is 17.1 Å². The molecule has 9 nitrogen and oxygen atoms in total. The van der Waals surface area contributed by atoms with Crippen molar-refractivity contribution in [2.75, 3.05) is 38.6 Å². The highest BCUT2D eigenvalue weighted by Crippen LogP contribution is 2.25. The van der Waals surface area contributed by atoms with Crippen LogP contribution in [0, 0.1) is 0 Å². The second-order valence-corrected chi connectivity index (χ2v) is 9.39. The second kappa shape index (κ2) is 9.23. The Hall–Kier alpha value is -2.66. The van der Waals surface area contributed by atoms with Gasteiger partial charge in [0.15, 0.2) is 11.5 Å². The van der Waals surface area contributed by atoms with Crippen molar-refractivity contribution in [2.45, 2.75) is 0 Å². The average Bonchev–Trinajstić information content (AvgIpc) is 3.44. The molecule has 1 aliphatic rings. The molecule has 0 radical (unpaired) electrons. The molecule has 1 aromatic carbocycles. The Kier molecular flexibility index (Phi) is 6.42. The summed E-state index contributed by atoms with van der Waals surface area (Å²) in [6, 6.07) is 12.1. The second-order valence-electron chi connectivity index (χ2n) is 6.87. The maximum absolute atomic E-state index is 12.7. The molecule has 0 bridgehead atoms. The molecule has 1 amide bonds. The maximum Gasteiger partial charge on any atom is 0.271 e. The lowest BCUT2D eigenvalue weighted by Gasteiger charge is -2.25. The number of nitrogens with one attached hydrogen (secondary N) is 1. The van der Waals surface area contributed by atoms with Gasteiger partial charge in [-0.15, -0.1) is 0 Å². The van der Waals surface area contributed by atoms with Gasteiger partial charge in [-0.3, -0.25) is 4.79 Å². The van der Waals surface area contributed by atoms with Crippen LogP contribution in [0.5, 0.6) is 0 Å². The summed E-state index contributed by atoms with van der Waals surface area (Å²) >= 11 is 6.10. The van der Waals surface area contributed by atoms with Gasteiger partial charge >= 0.3 is 0 Å². The van der Waals surface area contributed by atoms with Crippen LogP contribution < -0.4 is 5.32 Å². The van der Waals surface area contributed by atoms with E-state index >= 15 is 0 Å². The highest BCUT2D eigenvalue weighted by atomic mass is 35.5. The third kappa shape index (κ3) is 4.99. The first-order valence-corrected chi connectivity index (χ1v) is 11.7. The SMILES string of the molecule is O=C(NCCS(=O)(=O)N1CCOCC1)c1cc(-c2ccco2)n(-c2cccc(Cl)c2)n1. The maximum atomic E-state index is 12.7. The predicted octanol–water partition coefficient (Wildman–Crippen LogP) is 2.18. The van der Waals surface area contributed by atoms with E-state index in [2.05, 4.69) is 10.4 Å². The van der Waals surface area contributed by atoms with Crippen molar-refractivity contribution in [1.82, 2.24) is 19.4 Å². The van der Waals surface area contributed by atoms with Crippen molar-refractivity contribution in [3.05, 3.63) is 59.4 Å². The fourth-order valence-electron chi connectivity index (χ4n) is 3.23. The topological polar surface area (TPSA) is 107 Å². The number of halogens is 1. The van der Waals surface area contributed by atoms with Gasteiger partial charge in [-0.2, -0.15) is 9.40 Å². The average molecular weight is 465 g/mol. The summed E-state index contributed by atoms with van der Waals surface area (Å²) in [5.74, 6) is -0.147. The molecule has 0 saturated carbocycles. The quantitative estimate of drug-likeness (QED) is 0.574. The number of amides is 1. The summed E-state index contributed by atoms with van der Waals surface area (Å²) in [7, 11) is -3.46. The number of carbonyl (C=O) groups excluding carboxylic acids is 1. The van der Waals surface area contributed by atoms with Gasteiger partial charge in [0, 0.05) is 30.7 Å². The number of nitrogens with zero attached hydrogens (tertiary/aromatic N) is 3. The molecule has 1 aliphatic heterocycles. The summed E-state index contributed by atoms with van der Waals surface area (Å²) in [5, 5.41) is 7.55. The summed E-state index contributed by atoms with van der Waals surface area (Å²) in [6.07, 6.45) is 1.53. The summed E-state index contributed by atoms with van der Waals surface area (Å²) in [4.78, 5) is 12.7. The van der Waals surface area contributed by atoms with Gasteiger partial charge in [0.25, 0.3) is 5.91 Å². The zero-order valence-corrected chi connectivity index (χ0v) is 18.1. The molecule has 0 spiro atoms. The highest BCUT2D eigenvalue weighted by molar-refractivity contribution is 7.89. The summed E-state index contributed by atoms with van der Waals surface area (Å²) in [5.41, 5.74) is 1.36. The van der Waals surface area contributed by atoms with E-state index in [9.17, 15) is 13.2 Å². The Labute approximate surface area is 184 Å². The normalized spacial score (nSPS) is 15.1. The molecule has 1 fully saturated rings. The van der Waals surface area contributed by atoms with E-state index < -0.39 is 15.9 Å². The van der Waals surface area contributed by atoms with E-state index in [4.69, 9.17) is 20.8 Å². The number of aromatic nitrogens is 2. The third-order valence-corrected chi connectivity index (χ3v) is 6.88. The number of sulfonamides is 1. The van der Waals surface area contributed by atoms with Crippen molar-refractivity contribution >= 4 is 27.5 Å². The monoisotopic (exact) mass is 464 g/mol. The standard InChI is InChI=1S/C20H21ClN4O5S/c21-15-3-1-4-16(13-15)25-18(19-5-2-9-30-19)14-17(23-25)20(26)22-6-12-31(27,28)24-7-10-29-11-8-24/h1-5,9,13-14H,6-8,10-12H2,(H,22,26). The van der Waals surface area contributed by atoms with Crippen molar-refractivity contribution in [3.63, 3.8) is 0 Å². The fourth-order valence-corrected chi connectivity index (χ4v) is 4.74. The van der Waals surface area contributed by atoms with Gasteiger partial charge in [0.1, 0.15) is 5.69 Å². The molecule has 0 atom stereocenters. The van der Waals surface area contributed by atoms with Gasteiger partial charge in [0.2, 0.25) is 10.0 Å². The number of rotatable bonds is 7. The zero-order valence-electron chi connectivity index (χ0n) is 16.5. The van der Waals surface area contributed by atoms with Gasteiger partial charge < -0.3 is 14.5 Å². The molecule has 2 aromatic heterocycles. The van der Waals surface area contributed by atoms with Crippen LogP contribution in [0.1, 0.15) is 10.5 Å². The van der Waals surface area contributed by atoms with E-state index in [0.29, 0.717) is 48.5 Å². The van der Waals surface area contributed by atoms with E-state index in [1.54, 1.807) is 41.1 Å². The molecule has 164 valence electrons. The number of ether oxygens (including phenoxy) is 1. The van der Waals surface area contributed by atoms with E-state index in [1.807, 2.05) is 6.07 Å². The van der Waals surface area contributed by atoms with E-state index in [0.717, 1.165) is 0 Å². The lowest BCUT2D eigenvalue weighted by molar-refractivity contribution is 0.0730. The number of morpholine rings is 1. The van der Waals surface area contributed by atoms with Crippen molar-refractivity contribution in [2.24, 2.45) is 0 Å². The number of carbonyl (C=O) groups is 1. The molecule has 0 unspecified atom stereocenters. The molecule has 0 aliphatic carbocycles. The number of furan rings is 1. The first kappa shape index (κ1) is 21.6. The Balaban J connectivity index is 1.50. The molecule has 1 N–H and O–H groups in total.